The van der Waals surface area contributed by atoms with Gasteiger partial charge < -0.3 is 15.2 Å². The van der Waals surface area contributed by atoms with Gasteiger partial charge in [-0.1, -0.05) is 0 Å². The van der Waals surface area contributed by atoms with Crippen molar-refractivity contribution >= 4 is 0 Å². The summed E-state index contributed by atoms with van der Waals surface area (Å²) in [5.41, 5.74) is 0.996. The minimum Gasteiger partial charge on any atom is -0.480 e. The Hall–Kier alpha value is -1.07. The van der Waals surface area contributed by atoms with Crippen LogP contribution in [0.1, 0.15) is 12.5 Å². The van der Waals surface area contributed by atoms with Gasteiger partial charge in [-0.2, -0.15) is 0 Å². The summed E-state index contributed by atoms with van der Waals surface area (Å²) in [6.07, 6.45) is 1.90. The Kier molecular flexibility index (Phi) is 3.91. The lowest BCUT2D eigenvalue weighted by molar-refractivity contribution is 0.250. The molecule has 80 valence electrons. The van der Waals surface area contributed by atoms with Gasteiger partial charge in [-0.05, 0) is 6.92 Å². The summed E-state index contributed by atoms with van der Waals surface area (Å²) in [6.45, 7) is 2.70. The minimum absolute atomic E-state index is 0.0833. The normalized spacial score (nSPS) is 12.9. The molecule has 0 aliphatic carbocycles. The number of aliphatic hydroxyl groups excluding tert-OH is 1. The average molecular weight is 199 g/mol. The fraction of sp³-hybridized carbons (Fsp3) is 0.667. The van der Waals surface area contributed by atoms with Gasteiger partial charge in [0.1, 0.15) is 0 Å². The van der Waals surface area contributed by atoms with Crippen LogP contribution in [0.2, 0.25) is 0 Å². The number of methoxy groups -OCH3 is 1. The molecule has 0 saturated carbocycles. The smallest absolute Gasteiger partial charge is 0.237 e. The second-order valence-corrected chi connectivity index (χ2v) is 3.30. The number of aromatic nitrogens is 2. The molecule has 1 heterocycles. The van der Waals surface area contributed by atoms with Crippen LogP contribution in [-0.2, 0) is 13.6 Å². The van der Waals surface area contributed by atoms with Crippen molar-refractivity contribution in [1.82, 2.24) is 15.1 Å². The lowest BCUT2D eigenvalue weighted by Gasteiger charge is -2.09. The first-order valence-corrected chi connectivity index (χ1v) is 4.58. The number of aliphatic hydroxyl groups is 1. The molecule has 0 amide bonds. The van der Waals surface area contributed by atoms with Crippen molar-refractivity contribution in [2.45, 2.75) is 19.5 Å². The third-order valence-corrected chi connectivity index (χ3v) is 1.97. The fourth-order valence-corrected chi connectivity index (χ4v) is 1.16. The SMILES string of the molecule is COc1nn(C)cc1CNC(C)CO. The Balaban J connectivity index is 2.57. The minimum atomic E-state index is 0.0833. The van der Waals surface area contributed by atoms with Crippen molar-refractivity contribution in [3.63, 3.8) is 0 Å². The Bertz CT molecular complexity index is 286. The highest BCUT2D eigenvalue weighted by atomic mass is 16.5. The summed E-state index contributed by atoms with van der Waals surface area (Å²) in [6, 6.07) is 0.0833. The lowest BCUT2D eigenvalue weighted by Crippen LogP contribution is -2.28. The van der Waals surface area contributed by atoms with Crippen molar-refractivity contribution in [1.29, 1.82) is 0 Å². The monoisotopic (exact) mass is 199 g/mol. The van der Waals surface area contributed by atoms with Crippen LogP contribution in [0.25, 0.3) is 0 Å². The first-order valence-electron chi connectivity index (χ1n) is 4.58. The van der Waals surface area contributed by atoms with Gasteiger partial charge >= 0.3 is 0 Å². The van der Waals surface area contributed by atoms with Crippen LogP contribution >= 0.6 is 0 Å². The van der Waals surface area contributed by atoms with Gasteiger partial charge in [-0.15, -0.1) is 5.10 Å². The summed E-state index contributed by atoms with van der Waals surface area (Å²) < 4.78 is 6.81. The lowest BCUT2D eigenvalue weighted by atomic mass is 10.3. The quantitative estimate of drug-likeness (QED) is 0.695. The molecular weight excluding hydrogens is 182 g/mol. The number of hydrogen-bond acceptors (Lipinski definition) is 4. The molecule has 5 nitrogen and oxygen atoms in total. The van der Waals surface area contributed by atoms with E-state index in [-0.39, 0.29) is 12.6 Å². The van der Waals surface area contributed by atoms with E-state index in [0.29, 0.717) is 12.4 Å². The molecular formula is C9H17N3O2. The molecule has 1 unspecified atom stereocenters. The molecule has 1 aromatic rings. The average Bonchev–Trinajstić information content (AvgIpc) is 2.55. The van der Waals surface area contributed by atoms with Gasteiger partial charge in [0.2, 0.25) is 5.88 Å². The highest BCUT2D eigenvalue weighted by molar-refractivity contribution is 5.22. The Morgan fingerprint density at radius 1 is 1.71 bits per heavy atom. The summed E-state index contributed by atoms with van der Waals surface area (Å²) >= 11 is 0. The predicted octanol–water partition coefficient (Wildman–Crippen LogP) is -0.101. The zero-order chi connectivity index (χ0) is 10.6. The van der Waals surface area contributed by atoms with Crippen molar-refractivity contribution in [3.8, 4) is 5.88 Å². The van der Waals surface area contributed by atoms with Crippen LogP contribution in [0.3, 0.4) is 0 Å². The molecule has 1 rings (SSSR count). The van der Waals surface area contributed by atoms with Crippen LogP contribution in [0.15, 0.2) is 6.20 Å². The third-order valence-electron chi connectivity index (χ3n) is 1.97. The Labute approximate surface area is 83.7 Å². The number of ether oxygens (including phenoxy) is 1. The number of nitrogens with one attached hydrogen (secondary N) is 1. The van der Waals surface area contributed by atoms with Gasteiger partial charge in [0, 0.05) is 31.4 Å². The van der Waals surface area contributed by atoms with Crippen LogP contribution in [0, 0.1) is 0 Å². The van der Waals surface area contributed by atoms with Gasteiger partial charge in [0.05, 0.1) is 13.7 Å². The maximum Gasteiger partial charge on any atom is 0.237 e. The van der Waals surface area contributed by atoms with Crippen LogP contribution in [0.5, 0.6) is 5.88 Å². The largest absolute Gasteiger partial charge is 0.480 e. The van der Waals surface area contributed by atoms with Gasteiger partial charge in [0.15, 0.2) is 0 Å². The van der Waals surface area contributed by atoms with E-state index in [1.807, 2.05) is 20.2 Å². The summed E-state index contributed by atoms with van der Waals surface area (Å²) in [5, 5.41) is 16.1. The number of hydrogen-bond donors (Lipinski definition) is 2. The van der Waals surface area contributed by atoms with E-state index in [1.54, 1.807) is 11.8 Å². The van der Waals surface area contributed by atoms with Crippen molar-refractivity contribution in [2.75, 3.05) is 13.7 Å². The number of rotatable bonds is 5. The van der Waals surface area contributed by atoms with E-state index in [2.05, 4.69) is 10.4 Å². The summed E-state index contributed by atoms with van der Waals surface area (Å²) in [5.74, 6) is 0.630. The molecule has 0 fully saturated rings. The molecule has 0 saturated heterocycles. The zero-order valence-corrected chi connectivity index (χ0v) is 8.82. The maximum absolute atomic E-state index is 8.83. The molecule has 1 aromatic heterocycles. The molecule has 5 heteroatoms. The van der Waals surface area contributed by atoms with Crippen LogP contribution < -0.4 is 10.1 Å². The topological polar surface area (TPSA) is 59.3 Å². The summed E-state index contributed by atoms with van der Waals surface area (Å²) in [7, 11) is 3.45. The van der Waals surface area contributed by atoms with Gasteiger partial charge in [-0.25, -0.2) is 0 Å². The van der Waals surface area contributed by atoms with Crippen LogP contribution in [-0.4, -0.2) is 34.6 Å². The first-order chi connectivity index (χ1) is 6.67. The highest BCUT2D eigenvalue weighted by Gasteiger charge is 2.08. The second kappa shape index (κ2) is 4.97. The predicted molar refractivity (Wildman–Crippen MR) is 53.1 cm³/mol. The molecule has 0 radical (unpaired) electrons. The van der Waals surface area contributed by atoms with E-state index in [0.717, 1.165) is 5.56 Å². The molecule has 2 N–H and O–H groups in total. The maximum atomic E-state index is 8.83. The Morgan fingerprint density at radius 2 is 2.43 bits per heavy atom. The fourth-order valence-electron chi connectivity index (χ4n) is 1.16. The van der Waals surface area contributed by atoms with Crippen molar-refractivity contribution < 1.29 is 9.84 Å². The highest BCUT2D eigenvalue weighted by Crippen LogP contribution is 2.14. The molecule has 0 aliphatic heterocycles. The number of nitrogens with zero attached hydrogens (tertiary/aromatic N) is 2. The van der Waals surface area contributed by atoms with Gasteiger partial charge in [0.25, 0.3) is 0 Å². The van der Waals surface area contributed by atoms with E-state index in [1.165, 1.54) is 0 Å². The van der Waals surface area contributed by atoms with E-state index >= 15 is 0 Å². The van der Waals surface area contributed by atoms with Gasteiger partial charge in [-0.3, -0.25) is 4.68 Å². The standard InChI is InChI=1S/C9H17N3O2/c1-7(6-13)10-4-8-5-12(2)11-9(8)14-3/h5,7,10,13H,4,6H2,1-3H3. The molecule has 14 heavy (non-hydrogen) atoms. The number of aryl methyl sites for hydroxylation is 1. The molecule has 1 atom stereocenters. The Morgan fingerprint density at radius 3 is 3.00 bits per heavy atom. The van der Waals surface area contributed by atoms with E-state index < -0.39 is 0 Å². The van der Waals surface area contributed by atoms with Crippen molar-refractivity contribution in [2.24, 2.45) is 7.05 Å². The zero-order valence-electron chi connectivity index (χ0n) is 8.82. The molecule has 0 aliphatic rings. The molecule has 0 bridgehead atoms. The van der Waals surface area contributed by atoms with Crippen molar-refractivity contribution in [3.05, 3.63) is 11.8 Å². The second-order valence-electron chi connectivity index (χ2n) is 3.30. The van der Waals surface area contributed by atoms with E-state index in [4.69, 9.17) is 9.84 Å². The molecule has 0 spiro atoms. The van der Waals surface area contributed by atoms with E-state index in [9.17, 15) is 0 Å². The summed E-state index contributed by atoms with van der Waals surface area (Å²) in [4.78, 5) is 0. The molecule has 0 aromatic carbocycles. The third kappa shape index (κ3) is 2.71. The van der Waals surface area contributed by atoms with Crippen LogP contribution in [0.4, 0.5) is 0 Å². The first kappa shape index (κ1) is 11.0.